The van der Waals surface area contributed by atoms with Gasteiger partial charge in [0.1, 0.15) is 6.54 Å². The number of nitrogens with one attached hydrogen (secondary N) is 2. The number of likely N-dealkylation sites (N-methyl/N-ethyl adjacent to an activating group) is 1. The van der Waals surface area contributed by atoms with Crippen LogP contribution in [0.1, 0.15) is 64.2 Å². The van der Waals surface area contributed by atoms with Gasteiger partial charge in [-0.2, -0.15) is 0 Å². The third kappa shape index (κ3) is 6.76. The van der Waals surface area contributed by atoms with Crippen LogP contribution in [0.2, 0.25) is 0 Å². The summed E-state index contributed by atoms with van der Waals surface area (Å²) in [4.78, 5) is 18.1. The molecule has 0 bridgehead atoms. The van der Waals surface area contributed by atoms with Crippen LogP contribution in [0.4, 0.5) is 0 Å². The van der Waals surface area contributed by atoms with E-state index in [9.17, 15) is 4.79 Å². The number of hydrogen-bond acceptors (Lipinski definition) is 3. The van der Waals surface area contributed by atoms with E-state index in [4.69, 9.17) is 4.74 Å². The Morgan fingerprint density at radius 1 is 1.15 bits per heavy atom. The standard InChI is InChI=1S/C20H36N4O2.HI/c1-24(2)18(25)15-22-19(21-14-16-7-4-3-5-8-16)23-17-9-12-26-20(13-17)10-6-11-20;/h16-17H,3-15H2,1-2H3,(H2,21,22,23);1H. The molecule has 7 heteroatoms. The number of halogens is 1. The molecule has 1 spiro atoms. The Morgan fingerprint density at radius 3 is 2.52 bits per heavy atom. The van der Waals surface area contributed by atoms with Gasteiger partial charge in [-0.3, -0.25) is 4.79 Å². The first-order valence-electron chi connectivity index (χ1n) is 10.5. The third-order valence-corrected chi connectivity index (χ3v) is 6.25. The van der Waals surface area contributed by atoms with Crippen LogP contribution in [0.25, 0.3) is 0 Å². The Kier molecular flexibility index (Phi) is 9.11. The van der Waals surface area contributed by atoms with Crippen molar-refractivity contribution in [1.29, 1.82) is 0 Å². The average molecular weight is 492 g/mol. The van der Waals surface area contributed by atoms with E-state index >= 15 is 0 Å². The summed E-state index contributed by atoms with van der Waals surface area (Å²) in [7, 11) is 3.55. The van der Waals surface area contributed by atoms with Gasteiger partial charge in [-0.15, -0.1) is 24.0 Å². The Morgan fingerprint density at radius 2 is 1.89 bits per heavy atom. The molecule has 0 aromatic rings. The number of hydrogen-bond donors (Lipinski definition) is 2. The smallest absolute Gasteiger partial charge is 0.243 e. The number of carbonyl (C=O) groups excluding carboxylic acids is 1. The maximum absolute atomic E-state index is 11.9. The van der Waals surface area contributed by atoms with Crippen molar-refractivity contribution in [2.45, 2.75) is 75.9 Å². The Balaban J connectivity index is 0.00000261. The molecule has 6 nitrogen and oxygen atoms in total. The molecule has 1 heterocycles. The molecule has 1 unspecified atom stereocenters. The van der Waals surface area contributed by atoms with Crippen molar-refractivity contribution in [3.05, 3.63) is 0 Å². The van der Waals surface area contributed by atoms with E-state index in [-0.39, 0.29) is 42.0 Å². The van der Waals surface area contributed by atoms with E-state index in [0.29, 0.717) is 6.04 Å². The van der Waals surface area contributed by atoms with Crippen molar-refractivity contribution in [3.63, 3.8) is 0 Å². The summed E-state index contributed by atoms with van der Waals surface area (Å²) < 4.78 is 6.04. The van der Waals surface area contributed by atoms with Gasteiger partial charge in [-0.25, -0.2) is 4.99 Å². The number of carbonyl (C=O) groups is 1. The van der Waals surface area contributed by atoms with Crippen molar-refractivity contribution in [1.82, 2.24) is 15.5 Å². The van der Waals surface area contributed by atoms with Crippen LogP contribution < -0.4 is 10.6 Å². The van der Waals surface area contributed by atoms with E-state index < -0.39 is 0 Å². The lowest BCUT2D eigenvalue weighted by atomic mass is 9.74. The highest BCUT2D eigenvalue weighted by Crippen LogP contribution is 2.42. The van der Waals surface area contributed by atoms with Crippen molar-refractivity contribution < 1.29 is 9.53 Å². The molecule has 1 amide bonds. The average Bonchev–Trinajstić information content (AvgIpc) is 2.63. The minimum Gasteiger partial charge on any atom is -0.375 e. The monoisotopic (exact) mass is 492 g/mol. The second kappa shape index (κ2) is 10.8. The van der Waals surface area contributed by atoms with Gasteiger partial charge in [0, 0.05) is 33.3 Å². The van der Waals surface area contributed by atoms with Gasteiger partial charge < -0.3 is 20.3 Å². The lowest BCUT2D eigenvalue weighted by molar-refractivity contribution is -0.134. The van der Waals surface area contributed by atoms with E-state index in [0.717, 1.165) is 37.9 Å². The lowest BCUT2D eigenvalue weighted by Gasteiger charge is -2.47. The first-order chi connectivity index (χ1) is 12.6. The Hall–Kier alpha value is -0.570. The number of nitrogens with zero attached hydrogens (tertiary/aromatic N) is 2. The van der Waals surface area contributed by atoms with Gasteiger partial charge in [-0.05, 0) is 50.9 Å². The summed E-state index contributed by atoms with van der Waals surface area (Å²) in [6, 6.07) is 0.385. The predicted molar refractivity (Wildman–Crippen MR) is 120 cm³/mol. The van der Waals surface area contributed by atoms with Gasteiger partial charge >= 0.3 is 0 Å². The number of amides is 1. The first kappa shape index (κ1) is 22.7. The van der Waals surface area contributed by atoms with E-state index in [1.54, 1.807) is 19.0 Å². The maximum atomic E-state index is 11.9. The Labute approximate surface area is 181 Å². The van der Waals surface area contributed by atoms with Gasteiger partial charge in [-0.1, -0.05) is 19.3 Å². The van der Waals surface area contributed by atoms with Crippen LogP contribution in [0, 0.1) is 5.92 Å². The van der Waals surface area contributed by atoms with Crippen molar-refractivity contribution in [3.8, 4) is 0 Å². The summed E-state index contributed by atoms with van der Waals surface area (Å²) >= 11 is 0. The number of ether oxygens (including phenoxy) is 1. The highest BCUT2D eigenvalue weighted by atomic mass is 127. The normalized spacial score (nSPS) is 25.3. The quantitative estimate of drug-likeness (QED) is 0.352. The summed E-state index contributed by atoms with van der Waals surface area (Å²) in [6.45, 7) is 1.97. The summed E-state index contributed by atoms with van der Waals surface area (Å²) in [6.07, 6.45) is 12.4. The number of guanidine groups is 1. The largest absolute Gasteiger partial charge is 0.375 e. The number of aliphatic imine (C=N–C) groups is 1. The highest BCUT2D eigenvalue weighted by Gasteiger charge is 2.42. The zero-order valence-corrected chi connectivity index (χ0v) is 19.3. The predicted octanol–water partition coefficient (Wildman–Crippen LogP) is 2.91. The van der Waals surface area contributed by atoms with Crippen molar-refractivity contribution in [2.75, 3.05) is 33.8 Å². The van der Waals surface area contributed by atoms with Crippen molar-refractivity contribution >= 4 is 35.8 Å². The van der Waals surface area contributed by atoms with E-state index in [1.807, 2.05) is 0 Å². The molecular weight excluding hydrogens is 455 g/mol. The van der Waals surface area contributed by atoms with E-state index in [2.05, 4.69) is 15.6 Å². The van der Waals surface area contributed by atoms with Crippen LogP contribution in [-0.2, 0) is 9.53 Å². The molecule has 1 aliphatic heterocycles. The highest BCUT2D eigenvalue weighted by molar-refractivity contribution is 14.0. The number of rotatable bonds is 5. The third-order valence-electron chi connectivity index (χ3n) is 6.25. The van der Waals surface area contributed by atoms with Crippen molar-refractivity contribution in [2.24, 2.45) is 10.9 Å². The summed E-state index contributed by atoms with van der Waals surface area (Å²) in [5, 5.41) is 7.12. The van der Waals surface area contributed by atoms with Gasteiger partial charge in [0.25, 0.3) is 0 Å². The summed E-state index contributed by atoms with van der Waals surface area (Å²) in [5.41, 5.74) is 0.115. The topological polar surface area (TPSA) is 66.0 Å². The molecule has 2 saturated carbocycles. The molecule has 3 rings (SSSR count). The SMILES string of the molecule is CN(C)C(=O)CN=C(NCC1CCCCC1)NC1CCOC2(CCC2)C1.I. The van der Waals surface area contributed by atoms with Gasteiger partial charge in [0.05, 0.1) is 5.60 Å². The van der Waals surface area contributed by atoms with Crippen LogP contribution in [0.5, 0.6) is 0 Å². The molecule has 3 aliphatic rings. The molecule has 2 aliphatic carbocycles. The fourth-order valence-corrected chi connectivity index (χ4v) is 4.34. The minimum absolute atomic E-state index is 0. The molecule has 3 fully saturated rings. The van der Waals surface area contributed by atoms with Gasteiger partial charge in [0.2, 0.25) is 5.91 Å². The van der Waals surface area contributed by atoms with E-state index in [1.165, 1.54) is 51.4 Å². The fraction of sp³-hybridized carbons (Fsp3) is 0.900. The van der Waals surface area contributed by atoms with Gasteiger partial charge in [0.15, 0.2) is 5.96 Å². The van der Waals surface area contributed by atoms with Crippen LogP contribution in [0.15, 0.2) is 4.99 Å². The summed E-state index contributed by atoms with van der Waals surface area (Å²) in [5.74, 6) is 1.56. The minimum atomic E-state index is 0. The second-order valence-electron chi connectivity index (χ2n) is 8.56. The molecule has 156 valence electrons. The molecule has 27 heavy (non-hydrogen) atoms. The fourth-order valence-electron chi connectivity index (χ4n) is 4.34. The van der Waals surface area contributed by atoms with Crippen LogP contribution in [-0.4, -0.2) is 62.2 Å². The Bertz CT molecular complexity index is 502. The zero-order chi connectivity index (χ0) is 18.4. The molecule has 2 N–H and O–H groups in total. The molecule has 0 radical (unpaired) electrons. The second-order valence-corrected chi connectivity index (χ2v) is 8.56. The van der Waals surface area contributed by atoms with Crippen LogP contribution >= 0.6 is 24.0 Å². The molecule has 1 saturated heterocycles. The van der Waals surface area contributed by atoms with Crippen LogP contribution in [0.3, 0.4) is 0 Å². The first-order valence-corrected chi connectivity index (χ1v) is 10.5. The molecule has 0 aromatic heterocycles. The maximum Gasteiger partial charge on any atom is 0.243 e. The zero-order valence-electron chi connectivity index (χ0n) is 17.0. The lowest BCUT2D eigenvalue weighted by Crippen LogP contribution is -2.54. The molecular formula is C20H37IN4O2. The molecule has 0 aromatic carbocycles. The molecule has 1 atom stereocenters.